The Morgan fingerprint density at radius 1 is 1.24 bits per heavy atom. The molecule has 0 aromatic carbocycles. The molecule has 3 rings (SSSR count). The van der Waals surface area contributed by atoms with E-state index in [1.54, 1.807) is 6.92 Å². The van der Waals surface area contributed by atoms with Crippen molar-refractivity contribution in [2.24, 2.45) is 5.73 Å². The Hall–Kier alpha value is -1.40. The Morgan fingerprint density at radius 3 is 2.57 bits per heavy atom. The van der Waals surface area contributed by atoms with Gasteiger partial charge in [0.25, 0.3) is 5.91 Å². The minimum absolute atomic E-state index is 0.0578. The van der Waals surface area contributed by atoms with Crippen molar-refractivity contribution >= 4 is 5.91 Å². The van der Waals surface area contributed by atoms with E-state index in [2.05, 4.69) is 10.1 Å². The van der Waals surface area contributed by atoms with Crippen LogP contribution in [-0.2, 0) is 0 Å². The lowest BCUT2D eigenvalue weighted by Crippen LogP contribution is -2.46. The summed E-state index contributed by atoms with van der Waals surface area (Å²) in [5.41, 5.74) is 7.28. The molecule has 0 spiro atoms. The summed E-state index contributed by atoms with van der Waals surface area (Å²) in [6.07, 6.45) is 3.17. The normalized spacial score (nSPS) is 24.7. The lowest BCUT2D eigenvalue weighted by atomic mass is 10.0. The molecular formula is C15H24N4O2. The van der Waals surface area contributed by atoms with Crippen molar-refractivity contribution in [3.63, 3.8) is 0 Å². The molecule has 0 aliphatic carbocycles. The van der Waals surface area contributed by atoms with Gasteiger partial charge in [0, 0.05) is 25.2 Å². The Balaban J connectivity index is 1.63. The molecule has 21 heavy (non-hydrogen) atoms. The smallest absolute Gasteiger partial charge is 0.259 e. The minimum Gasteiger partial charge on any atom is -0.361 e. The second-order valence-corrected chi connectivity index (χ2v) is 6.27. The number of hydrogen-bond donors (Lipinski definition) is 1. The van der Waals surface area contributed by atoms with Gasteiger partial charge in [-0.2, -0.15) is 0 Å². The van der Waals surface area contributed by atoms with Crippen LogP contribution >= 0.6 is 0 Å². The average molecular weight is 292 g/mol. The lowest BCUT2D eigenvalue weighted by Gasteiger charge is -2.34. The van der Waals surface area contributed by atoms with Crippen molar-refractivity contribution in [3.8, 4) is 0 Å². The van der Waals surface area contributed by atoms with Gasteiger partial charge in [-0.3, -0.25) is 9.69 Å². The maximum Gasteiger partial charge on any atom is 0.259 e. The number of amides is 1. The highest BCUT2D eigenvalue weighted by Gasteiger charge is 2.34. The van der Waals surface area contributed by atoms with Crippen LogP contribution in [0.5, 0.6) is 0 Å². The highest BCUT2D eigenvalue weighted by Crippen LogP contribution is 2.23. The zero-order chi connectivity index (χ0) is 15.0. The molecule has 6 heteroatoms. The maximum absolute atomic E-state index is 12.6. The monoisotopic (exact) mass is 292 g/mol. The van der Waals surface area contributed by atoms with Gasteiger partial charge in [0.15, 0.2) is 0 Å². The summed E-state index contributed by atoms with van der Waals surface area (Å²) < 4.78 is 5.11. The zero-order valence-electron chi connectivity index (χ0n) is 12.8. The number of aromatic nitrogens is 1. The number of hydrogen-bond acceptors (Lipinski definition) is 5. The molecule has 2 aliphatic heterocycles. The largest absolute Gasteiger partial charge is 0.361 e. The van der Waals surface area contributed by atoms with Crippen molar-refractivity contribution in [1.82, 2.24) is 15.0 Å². The summed E-state index contributed by atoms with van der Waals surface area (Å²) >= 11 is 0. The van der Waals surface area contributed by atoms with Crippen LogP contribution < -0.4 is 5.73 Å². The quantitative estimate of drug-likeness (QED) is 0.877. The van der Waals surface area contributed by atoms with Gasteiger partial charge >= 0.3 is 0 Å². The molecule has 1 amide bonds. The van der Waals surface area contributed by atoms with Crippen LogP contribution in [0, 0.1) is 13.8 Å². The second-order valence-electron chi connectivity index (χ2n) is 6.27. The van der Waals surface area contributed by atoms with E-state index in [9.17, 15) is 4.79 Å². The van der Waals surface area contributed by atoms with E-state index in [1.165, 1.54) is 0 Å². The van der Waals surface area contributed by atoms with E-state index in [4.69, 9.17) is 10.3 Å². The summed E-state index contributed by atoms with van der Waals surface area (Å²) in [6, 6.07) is 0.824. The van der Waals surface area contributed by atoms with E-state index in [0.717, 1.165) is 45.4 Å². The summed E-state index contributed by atoms with van der Waals surface area (Å²) in [7, 11) is 0. The van der Waals surface area contributed by atoms with Gasteiger partial charge < -0.3 is 15.2 Å². The number of rotatable bonds is 2. The molecule has 2 fully saturated rings. The number of piperidine rings is 1. The van der Waals surface area contributed by atoms with Gasteiger partial charge in [0.2, 0.25) is 0 Å². The SMILES string of the molecule is Cc1noc(C)c1C(=O)N1CCC(N2CCC(N)CC2)C1. The van der Waals surface area contributed by atoms with Gasteiger partial charge in [-0.15, -0.1) is 0 Å². The maximum atomic E-state index is 12.6. The Bertz CT molecular complexity index is 500. The fourth-order valence-corrected chi connectivity index (χ4v) is 3.46. The van der Waals surface area contributed by atoms with Crippen molar-refractivity contribution in [2.45, 2.75) is 45.2 Å². The van der Waals surface area contributed by atoms with E-state index in [1.807, 2.05) is 11.8 Å². The van der Waals surface area contributed by atoms with Crippen LogP contribution in [0.15, 0.2) is 4.52 Å². The highest BCUT2D eigenvalue weighted by molar-refractivity contribution is 5.96. The van der Waals surface area contributed by atoms with Crippen LogP contribution in [-0.4, -0.2) is 59.1 Å². The Labute approximate surface area is 125 Å². The van der Waals surface area contributed by atoms with Gasteiger partial charge in [-0.1, -0.05) is 5.16 Å². The topological polar surface area (TPSA) is 75.6 Å². The highest BCUT2D eigenvalue weighted by atomic mass is 16.5. The van der Waals surface area contributed by atoms with E-state index in [-0.39, 0.29) is 5.91 Å². The molecular weight excluding hydrogens is 268 g/mol. The molecule has 1 atom stereocenters. The molecule has 0 radical (unpaired) electrons. The number of likely N-dealkylation sites (tertiary alicyclic amines) is 2. The molecule has 116 valence electrons. The van der Waals surface area contributed by atoms with E-state index >= 15 is 0 Å². The number of carbonyl (C=O) groups excluding carboxylic acids is 1. The third-order valence-corrected chi connectivity index (χ3v) is 4.79. The summed E-state index contributed by atoms with van der Waals surface area (Å²) in [6.45, 7) is 7.35. The molecule has 6 nitrogen and oxygen atoms in total. The third kappa shape index (κ3) is 2.82. The average Bonchev–Trinajstić information content (AvgIpc) is 3.07. The molecule has 3 heterocycles. The first-order valence-corrected chi connectivity index (χ1v) is 7.78. The minimum atomic E-state index is 0.0578. The predicted octanol–water partition coefficient (Wildman–Crippen LogP) is 0.929. The fourth-order valence-electron chi connectivity index (χ4n) is 3.46. The number of carbonyl (C=O) groups is 1. The zero-order valence-corrected chi connectivity index (χ0v) is 12.8. The number of nitrogens with two attached hydrogens (primary N) is 1. The van der Waals surface area contributed by atoms with Crippen LogP contribution in [0.4, 0.5) is 0 Å². The summed E-state index contributed by atoms with van der Waals surface area (Å²) in [5, 5.41) is 3.88. The number of nitrogens with zero attached hydrogens (tertiary/aromatic N) is 3. The van der Waals surface area contributed by atoms with Gasteiger partial charge in [0.1, 0.15) is 11.3 Å². The van der Waals surface area contributed by atoms with Crippen LogP contribution in [0.2, 0.25) is 0 Å². The Kier molecular flexibility index (Phi) is 3.99. The molecule has 1 aromatic rings. The van der Waals surface area contributed by atoms with Crippen molar-refractivity contribution < 1.29 is 9.32 Å². The first-order valence-electron chi connectivity index (χ1n) is 7.78. The van der Waals surface area contributed by atoms with Crippen LogP contribution in [0.1, 0.15) is 41.1 Å². The van der Waals surface area contributed by atoms with Crippen LogP contribution in [0.3, 0.4) is 0 Å². The molecule has 1 aromatic heterocycles. The van der Waals surface area contributed by atoms with E-state index < -0.39 is 0 Å². The molecule has 0 saturated carbocycles. The van der Waals surface area contributed by atoms with Crippen LogP contribution in [0.25, 0.3) is 0 Å². The first kappa shape index (κ1) is 14.5. The van der Waals surface area contributed by atoms with Gasteiger partial charge in [-0.05, 0) is 46.2 Å². The summed E-state index contributed by atoms with van der Waals surface area (Å²) in [4.78, 5) is 17.0. The van der Waals surface area contributed by atoms with Crippen molar-refractivity contribution in [3.05, 3.63) is 17.0 Å². The fraction of sp³-hybridized carbons (Fsp3) is 0.733. The van der Waals surface area contributed by atoms with Crippen molar-refractivity contribution in [1.29, 1.82) is 0 Å². The molecule has 2 N–H and O–H groups in total. The van der Waals surface area contributed by atoms with E-state index in [0.29, 0.717) is 29.1 Å². The van der Waals surface area contributed by atoms with Gasteiger partial charge in [0.05, 0.1) is 5.69 Å². The molecule has 2 aliphatic rings. The molecule has 1 unspecified atom stereocenters. The Morgan fingerprint density at radius 2 is 1.95 bits per heavy atom. The summed E-state index contributed by atoms with van der Waals surface area (Å²) in [5.74, 6) is 0.673. The molecule has 2 saturated heterocycles. The lowest BCUT2D eigenvalue weighted by molar-refractivity contribution is 0.0767. The number of aryl methyl sites for hydroxylation is 2. The third-order valence-electron chi connectivity index (χ3n) is 4.79. The molecule has 0 bridgehead atoms. The second kappa shape index (κ2) is 5.77. The predicted molar refractivity (Wildman–Crippen MR) is 79.1 cm³/mol. The van der Waals surface area contributed by atoms with Gasteiger partial charge in [-0.25, -0.2) is 0 Å². The first-order chi connectivity index (χ1) is 10.1. The standard InChI is InChI=1S/C15H24N4O2/c1-10-14(11(2)21-17-10)15(20)19-8-5-13(9-19)18-6-3-12(16)4-7-18/h12-13H,3-9,16H2,1-2H3. The van der Waals surface area contributed by atoms with Crippen molar-refractivity contribution in [2.75, 3.05) is 26.2 Å².